The first-order chi connectivity index (χ1) is 6.20. The lowest BCUT2D eigenvalue weighted by molar-refractivity contribution is 0.0959. The molecule has 1 rings (SSSR count). The predicted molar refractivity (Wildman–Crippen MR) is 56.4 cm³/mol. The molecule has 0 aromatic heterocycles. The van der Waals surface area contributed by atoms with Crippen molar-refractivity contribution >= 4 is 0 Å². The average Bonchev–Trinajstić information content (AvgIpc) is 2.10. The third-order valence-electron chi connectivity index (χ3n) is 2.20. The molecule has 1 unspecified atom stereocenters. The fourth-order valence-electron chi connectivity index (χ4n) is 1.43. The topological polar surface area (TPSA) is 20.2 Å². The van der Waals surface area contributed by atoms with Crippen LogP contribution < -0.4 is 0 Å². The van der Waals surface area contributed by atoms with Gasteiger partial charge in [-0.2, -0.15) is 0 Å². The number of hydrogen-bond donors (Lipinski definition) is 1. The minimum Gasteiger partial charge on any atom is -0.385 e. The second-order valence-corrected chi connectivity index (χ2v) is 3.41. The lowest BCUT2D eigenvalue weighted by Crippen LogP contribution is -2.25. The molecule has 0 spiro atoms. The van der Waals surface area contributed by atoms with E-state index in [2.05, 4.69) is 19.2 Å². The fraction of sp³-hybridized carbons (Fsp3) is 0.333. The summed E-state index contributed by atoms with van der Waals surface area (Å²) in [6.45, 7) is 7.30. The highest BCUT2D eigenvalue weighted by Gasteiger charge is 2.22. The first-order valence-electron chi connectivity index (χ1n) is 4.52. The lowest BCUT2D eigenvalue weighted by atomic mass is 9.88. The summed E-state index contributed by atoms with van der Waals surface area (Å²) in [6.07, 6.45) is 11.7. The largest absolute Gasteiger partial charge is 0.385 e. The van der Waals surface area contributed by atoms with Gasteiger partial charge in [0.2, 0.25) is 0 Å². The lowest BCUT2D eigenvalue weighted by Gasteiger charge is -2.24. The van der Waals surface area contributed by atoms with Crippen molar-refractivity contribution in [2.45, 2.75) is 24.9 Å². The van der Waals surface area contributed by atoms with E-state index in [1.165, 1.54) is 5.57 Å². The minimum atomic E-state index is -0.702. The van der Waals surface area contributed by atoms with E-state index < -0.39 is 5.60 Å². The molecule has 1 heteroatoms. The van der Waals surface area contributed by atoms with Crippen molar-refractivity contribution in [1.82, 2.24) is 0 Å². The van der Waals surface area contributed by atoms with Gasteiger partial charge in [0, 0.05) is 0 Å². The Morgan fingerprint density at radius 2 is 2.23 bits per heavy atom. The van der Waals surface area contributed by atoms with Gasteiger partial charge >= 0.3 is 0 Å². The Balaban J connectivity index is 2.60. The van der Waals surface area contributed by atoms with Gasteiger partial charge in [0.15, 0.2) is 0 Å². The zero-order valence-electron chi connectivity index (χ0n) is 7.87. The molecule has 0 amide bonds. The van der Waals surface area contributed by atoms with Gasteiger partial charge in [-0.3, -0.25) is 0 Å². The summed E-state index contributed by atoms with van der Waals surface area (Å²) in [5.41, 5.74) is 0.524. The van der Waals surface area contributed by atoms with Gasteiger partial charge in [0.05, 0.1) is 5.60 Å². The van der Waals surface area contributed by atoms with Crippen LogP contribution in [0.3, 0.4) is 0 Å². The first kappa shape index (κ1) is 10.0. The van der Waals surface area contributed by atoms with E-state index in [0.29, 0.717) is 12.8 Å². The molecule has 1 nitrogen and oxygen atoms in total. The van der Waals surface area contributed by atoms with Crippen LogP contribution in [-0.4, -0.2) is 10.7 Å². The number of hydrogen-bond acceptors (Lipinski definition) is 1. The smallest absolute Gasteiger partial charge is 0.0899 e. The normalized spacial score (nSPS) is 26.7. The summed E-state index contributed by atoms with van der Waals surface area (Å²) < 4.78 is 0. The zero-order valence-corrected chi connectivity index (χ0v) is 7.87. The van der Waals surface area contributed by atoms with Crippen LogP contribution in [-0.2, 0) is 0 Å². The van der Waals surface area contributed by atoms with Crippen molar-refractivity contribution < 1.29 is 5.11 Å². The van der Waals surface area contributed by atoms with Gasteiger partial charge in [-0.1, -0.05) is 30.4 Å². The average molecular weight is 176 g/mol. The summed E-state index contributed by atoms with van der Waals surface area (Å²) in [5.74, 6) is 0. The van der Waals surface area contributed by atoms with Crippen LogP contribution in [0.15, 0.2) is 49.1 Å². The van der Waals surface area contributed by atoms with Crippen molar-refractivity contribution in [3.63, 3.8) is 0 Å². The molecule has 13 heavy (non-hydrogen) atoms. The maximum absolute atomic E-state index is 9.93. The summed E-state index contributed by atoms with van der Waals surface area (Å²) in [4.78, 5) is 0. The third kappa shape index (κ3) is 2.71. The van der Waals surface area contributed by atoms with E-state index >= 15 is 0 Å². The molecule has 0 saturated heterocycles. The molecule has 0 saturated carbocycles. The Hall–Kier alpha value is -1.08. The monoisotopic (exact) mass is 176 g/mol. The molecule has 0 radical (unpaired) electrons. The minimum absolute atomic E-state index is 0.612. The molecule has 0 fully saturated rings. The van der Waals surface area contributed by atoms with Crippen molar-refractivity contribution in [3.05, 3.63) is 49.1 Å². The van der Waals surface area contributed by atoms with Crippen molar-refractivity contribution in [2.75, 3.05) is 0 Å². The van der Waals surface area contributed by atoms with Crippen LogP contribution in [0.5, 0.6) is 0 Å². The fourth-order valence-corrected chi connectivity index (χ4v) is 1.43. The second-order valence-electron chi connectivity index (χ2n) is 3.41. The number of allylic oxidation sites excluding steroid dienone is 3. The summed E-state index contributed by atoms with van der Waals surface area (Å²) in [7, 11) is 0. The Morgan fingerprint density at radius 3 is 2.69 bits per heavy atom. The third-order valence-corrected chi connectivity index (χ3v) is 2.20. The van der Waals surface area contributed by atoms with Crippen molar-refractivity contribution in [3.8, 4) is 0 Å². The van der Waals surface area contributed by atoms with Gasteiger partial charge in [-0.05, 0) is 24.8 Å². The quantitative estimate of drug-likeness (QED) is 0.653. The first-order valence-corrected chi connectivity index (χ1v) is 4.52. The van der Waals surface area contributed by atoms with Crippen LogP contribution >= 0.6 is 0 Å². The van der Waals surface area contributed by atoms with Gasteiger partial charge in [0.1, 0.15) is 0 Å². The van der Waals surface area contributed by atoms with Gasteiger partial charge < -0.3 is 5.11 Å². The van der Waals surface area contributed by atoms with E-state index in [0.717, 1.165) is 6.42 Å². The van der Waals surface area contributed by atoms with Crippen LogP contribution in [0.2, 0.25) is 0 Å². The molecule has 0 aliphatic heterocycles. The van der Waals surface area contributed by atoms with Crippen LogP contribution in [0.1, 0.15) is 19.3 Å². The van der Waals surface area contributed by atoms with Crippen LogP contribution in [0.25, 0.3) is 0 Å². The highest BCUT2D eigenvalue weighted by Crippen LogP contribution is 2.25. The molecule has 1 atom stereocenters. The molecule has 0 aromatic rings. The molecular formula is C12H16O. The highest BCUT2D eigenvalue weighted by molar-refractivity contribution is 5.29. The van der Waals surface area contributed by atoms with Gasteiger partial charge in [-0.25, -0.2) is 0 Å². The van der Waals surface area contributed by atoms with Crippen molar-refractivity contribution in [2.24, 2.45) is 0 Å². The van der Waals surface area contributed by atoms with Crippen LogP contribution in [0, 0.1) is 0 Å². The summed E-state index contributed by atoms with van der Waals surface area (Å²) in [6, 6.07) is 0. The molecule has 0 aromatic carbocycles. The molecule has 1 N–H and O–H groups in total. The number of aliphatic hydroxyl groups is 1. The maximum atomic E-state index is 9.93. The number of rotatable bonds is 4. The zero-order chi connectivity index (χ0) is 9.73. The maximum Gasteiger partial charge on any atom is 0.0899 e. The van der Waals surface area contributed by atoms with Gasteiger partial charge in [0.25, 0.3) is 0 Å². The highest BCUT2D eigenvalue weighted by atomic mass is 16.3. The van der Waals surface area contributed by atoms with E-state index in [1.54, 1.807) is 6.08 Å². The molecule has 0 bridgehead atoms. The van der Waals surface area contributed by atoms with E-state index in [4.69, 9.17) is 0 Å². The Kier molecular flexibility index (Phi) is 3.26. The molecular weight excluding hydrogens is 160 g/mol. The predicted octanol–water partition coefficient (Wildman–Crippen LogP) is 2.76. The van der Waals surface area contributed by atoms with Crippen LogP contribution in [0.4, 0.5) is 0 Å². The Labute approximate surface area is 79.8 Å². The molecule has 70 valence electrons. The Morgan fingerprint density at radius 1 is 1.46 bits per heavy atom. The van der Waals surface area contributed by atoms with Crippen molar-refractivity contribution in [1.29, 1.82) is 0 Å². The SMILES string of the molecule is C=CCC1=CCC(O)(CC=C)C=C1. The molecule has 0 heterocycles. The molecule has 1 aliphatic carbocycles. The van der Waals surface area contributed by atoms with E-state index in [-0.39, 0.29) is 0 Å². The summed E-state index contributed by atoms with van der Waals surface area (Å²) >= 11 is 0. The standard InChI is InChI=1S/C12H16O/c1-3-5-11-6-9-12(13,8-4-2)10-7-11/h3-4,6-7,9,13H,1-2,5,8,10H2. The van der Waals surface area contributed by atoms with E-state index in [9.17, 15) is 5.11 Å². The molecule has 1 aliphatic rings. The Bertz CT molecular complexity index is 260. The van der Waals surface area contributed by atoms with E-state index in [1.807, 2.05) is 18.2 Å². The second kappa shape index (κ2) is 4.24. The van der Waals surface area contributed by atoms with Gasteiger partial charge in [-0.15, -0.1) is 13.2 Å². The summed E-state index contributed by atoms with van der Waals surface area (Å²) in [5, 5.41) is 9.93.